The Labute approximate surface area is 143 Å². The summed E-state index contributed by atoms with van der Waals surface area (Å²) < 4.78 is 0. The molecular weight excluding hydrogens is 306 g/mol. The Morgan fingerprint density at radius 2 is 1.96 bits per heavy atom. The van der Waals surface area contributed by atoms with Crippen LogP contribution in [0.1, 0.15) is 52.9 Å². The van der Waals surface area contributed by atoms with Gasteiger partial charge in [-0.15, -0.1) is 0 Å². The van der Waals surface area contributed by atoms with Gasteiger partial charge in [0.2, 0.25) is 11.7 Å². The van der Waals surface area contributed by atoms with Crippen molar-refractivity contribution in [1.29, 1.82) is 0 Å². The molecule has 6 heteroatoms. The minimum Gasteiger partial charge on any atom is -0.368 e. The van der Waals surface area contributed by atoms with E-state index in [-0.39, 0.29) is 23.2 Å². The normalized spacial score (nSPS) is 34.3. The molecule has 2 saturated carbocycles. The van der Waals surface area contributed by atoms with Crippen LogP contribution in [0.25, 0.3) is 0 Å². The van der Waals surface area contributed by atoms with Crippen LogP contribution in [0.4, 0.5) is 0 Å². The van der Waals surface area contributed by atoms with Crippen molar-refractivity contribution in [2.45, 2.75) is 65.0 Å². The molecule has 3 unspecified atom stereocenters. The summed E-state index contributed by atoms with van der Waals surface area (Å²) in [5.41, 5.74) is 4.96. The first-order chi connectivity index (χ1) is 11.3. The molecule has 1 aliphatic heterocycles. The fourth-order valence-electron chi connectivity index (χ4n) is 5.21. The summed E-state index contributed by atoms with van der Waals surface area (Å²) in [6.45, 7) is 6.94. The maximum absolute atomic E-state index is 13.0. The van der Waals surface area contributed by atoms with Crippen molar-refractivity contribution < 1.29 is 14.4 Å². The van der Waals surface area contributed by atoms with Gasteiger partial charge in [0, 0.05) is 17.4 Å². The molecule has 2 aliphatic carbocycles. The Balaban J connectivity index is 1.90. The summed E-state index contributed by atoms with van der Waals surface area (Å²) in [5.74, 6) is -1.49. The van der Waals surface area contributed by atoms with Gasteiger partial charge in [-0.1, -0.05) is 33.6 Å². The molecule has 0 spiro atoms. The molecule has 2 amide bonds. The third kappa shape index (κ3) is 2.38. The van der Waals surface area contributed by atoms with Crippen molar-refractivity contribution in [3.63, 3.8) is 0 Å². The molecule has 0 radical (unpaired) electrons. The summed E-state index contributed by atoms with van der Waals surface area (Å²) in [6, 6.07) is -0.376. The zero-order chi connectivity index (χ0) is 17.7. The van der Waals surface area contributed by atoms with Crippen molar-refractivity contribution >= 4 is 17.6 Å². The number of amides is 2. The van der Waals surface area contributed by atoms with Crippen molar-refractivity contribution in [3.8, 4) is 0 Å². The van der Waals surface area contributed by atoms with E-state index in [1.165, 1.54) is 0 Å². The van der Waals surface area contributed by atoms with Gasteiger partial charge < -0.3 is 16.4 Å². The van der Waals surface area contributed by atoms with E-state index in [0.717, 1.165) is 25.7 Å². The van der Waals surface area contributed by atoms with Gasteiger partial charge in [-0.25, -0.2) is 0 Å². The highest BCUT2D eigenvalue weighted by Gasteiger charge is 2.81. The number of fused-ring (bicyclic) bond motifs is 1. The Morgan fingerprint density at radius 3 is 2.46 bits per heavy atom. The van der Waals surface area contributed by atoms with Gasteiger partial charge in [-0.2, -0.15) is 0 Å². The Bertz CT molecular complexity index is 570. The number of Topliss-reactive ketones (excluding diaryl/α,β-unsaturated/α-hetero) is 1. The second-order valence-electron chi connectivity index (χ2n) is 8.26. The number of hydrogen-bond donors (Lipinski definition) is 3. The van der Waals surface area contributed by atoms with E-state index in [4.69, 9.17) is 5.73 Å². The second-order valence-corrected chi connectivity index (χ2v) is 8.26. The fourth-order valence-corrected chi connectivity index (χ4v) is 5.21. The average Bonchev–Trinajstić information content (AvgIpc) is 3.34. The van der Waals surface area contributed by atoms with Crippen LogP contribution >= 0.6 is 0 Å². The van der Waals surface area contributed by atoms with Gasteiger partial charge in [0.05, 0.1) is 6.04 Å². The molecule has 24 heavy (non-hydrogen) atoms. The lowest BCUT2D eigenvalue weighted by Gasteiger charge is -2.33. The minimum absolute atomic E-state index is 0.155. The number of unbranched alkanes of at least 4 members (excludes halogenated alkanes) is 1. The number of hydrogen-bond acceptors (Lipinski definition) is 4. The third-order valence-corrected chi connectivity index (χ3v) is 6.64. The Morgan fingerprint density at radius 1 is 1.29 bits per heavy atom. The lowest BCUT2D eigenvalue weighted by Crippen LogP contribution is -2.52. The van der Waals surface area contributed by atoms with Crippen LogP contribution < -0.4 is 16.4 Å². The molecule has 6 nitrogen and oxygen atoms in total. The Kier molecular flexibility index (Phi) is 4.22. The molecule has 1 heterocycles. The first-order valence-corrected chi connectivity index (χ1v) is 9.15. The molecule has 3 aliphatic rings. The highest BCUT2D eigenvalue weighted by molar-refractivity contribution is 6.37. The van der Waals surface area contributed by atoms with Gasteiger partial charge >= 0.3 is 0 Å². The summed E-state index contributed by atoms with van der Waals surface area (Å²) in [7, 11) is 0. The molecule has 0 bridgehead atoms. The minimum atomic E-state index is -0.531. The van der Waals surface area contributed by atoms with E-state index in [9.17, 15) is 14.4 Å². The van der Waals surface area contributed by atoms with Gasteiger partial charge in [0.15, 0.2) is 0 Å². The molecule has 4 N–H and O–H groups in total. The number of nitrogens with one attached hydrogen (secondary N) is 2. The SMILES string of the molecule is CCCC[C@@H](C(=O)C(=O)NC1CC1)C12C(C(N)=O)NCC1C2(C)C. The first-order valence-electron chi connectivity index (χ1n) is 9.15. The summed E-state index contributed by atoms with van der Waals surface area (Å²) in [4.78, 5) is 37.4. The number of ketones is 1. The largest absolute Gasteiger partial charge is 0.368 e. The third-order valence-electron chi connectivity index (χ3n) is 6.64. The summed E-state index contributed by atoms with van der Waals surface area (Å²) in [6.07, 6.45) is 4.35. The average molecular weight is 335 g/mol. The molecule has 1 saturated heterocycles. The molecule has 0 aromatic rings. The standard InChI is InChI=1S/C18H29N3O3/c1-4-5-6-11(13(22)16(24)21-10-7-8-10)18-12(17(18,2)3)9-20-14(18)15(19)23/h10-12,14,20H,4-9H2,1-3H3,(H2,19,23)(H,21,24)/t11-,12?,14?,18?/m0/s1. The lowest BCUT2D eigenvalue weighted by molar-refractivity contribution is -0.143. The first kappa shape index (κ1) is 17.4. The molecular formula is C18H29N3O3. The van der Waals surface area contributed by atoms with Crippen LogP contribution in [0.3, 0.4) is 0 Å². The van der Waals surface area contributed by atoms with Crippen LogP contribution in [0.5, 0.6) is 0 Å². The molecule has 134 valence electrons. The fraction of sp³-hybridized carbons (Fsp3) is 0.833. The molecule has 3 fully saturated rings. The molecule has 4 atom stereocenters. The topological polar surface area (TPSA) is 101 Å². The second kappa shape index (κ2) is 5.83. The predicted octanol–water partition coefficient (Wildman–Crippen LogP) is 0.740. The maximum Gasteiger partial charge on any atom is 0.287 e. The van der Waals surface area contributed by atoms with Crippen LogP contribution in [0, 0.1) is 22.7 Å². The van der Waals surface area contributed by atoms with Gasteiger partial charge in [0.1, 0.15) is 0 Å². The molecule has 0 aromatic carbocycles. The van der Waals surface area contributed by atoms with E-state index in [1.807, 2.05) is 0 Å². The van der Waals surface area contributed by atoms with Gasteiger partial charge in [0.25, 0.3) is 5.91 Å². The van der Waals surface area contributed by atoms with E-state index < -0.39 is 29.2 Å². The highest BCUT2D eigenvalue weighted by Crippen LogP contribution is 2.76. The van der Waals surface area contributed by atoms with Gasteiger partial charge in [-0.05, 0) is 37.1 Å². The van der Waals surface area contributed by atoms with Crippen LogP contribution in [-0.2, 0) is 14.4 Å². The van der Waals surface area contributed by atoms with E-state index in [1.54, 1.807) is 0 Å². The van der Waals surface area contributed by atoms with Crippen molar-refractivity contribution in [2.75, 3.05) is 6.54 Å². The van der Waals surface area contributed by atoms with Crippen LogP contribution in [0.15, 0.2) is 0 Å². The lowest BCUT2D eigenvalue weighted by atomic mass is 9.72. The summed E-state index contributed by atoms with van der Waals surface area (Å²) >= 11 is 0. The number of carbonyl (C=O) groups is 3. The predicted molar refractivity (Wildman–Crippen MR) is 89.9 cm³/mol. The van der Waals surface area contributed by atoms with Crippen molar-refractivity contribution in [1.82, 2.24) is 10.6 Å². The number of carbonyl (C=O) groups excluding carboxylic acids is 3. The van der Waals surface area contributed by atoms with Crippen molar-refractivity contribution in [2.24, 2.45) is 28.4 Å². The quantitative estimate of drug-likeness (QED) is 0.569. The Hall–Kier alpha value is -1.43. The van der Waals surface area contributed by atoms with E-state index >= 15 is 0 Å². The number of rotatable bonds is 8. The number of piperidine rings is 1. The zero-order valence-electron chi connectivity index (χ0n) is 14.9. The van der Waals surface area contributed by atoms with Crippen LogP contribution in [0.2, 0.25) is 0 Å². The highest BCUT2D eigenvalue weighted by atomic mass is 16.2. The zero-order valence-corrected chi connectivity index (χ0v) is 14.9. The maximum atomic E-state index is 13.0. The van der Waals surface area contributed by atoms with E-state index in [0.29, 0.717) is 13.0 Å². The van der Waals surface area contributed by atoms with Crippen molar-refractivity contribution in [3.05, 3.63) is 0 Å². The monoisotopic (exact) mass is 335 g/mol. The van der Waals surface area contributed by atoms with Gasteiger partial charge in [-0.3, -0.25) is 14.4 Å². The number of primary amides is 1. The van der Waals surface area contributed by atoms with Crippen LogP contribution in [-0.4, -0.2) is 36.2 Å². The molecule has 0 aromatic heterocycles. The number of nitrogens with two attached hydrogens (primary N) is 1. The van der Waals surface area contributed by atoms with E-state index in [2.05, 4.69) is 31.4 Å². The smallest absolute Gasteiger partial charge is 0.287 e. The molecule has 3 rings (SSSR count). The summed E-state index contributed by atoms with van der Waals surface area (Å²) in [5, 5.41) is 6.01.